The van der Waals surface area contributed by atoms with Crippen LogP contribution >= 0.6 is 0 Å². The molecule has 0 aromatic heterocycles. The summed E-state index contributed by atoms with van der Waals surface area (Å²) in [6.07, 6.45) is 6.77. The quantitative estimate of drug-likeness (QED) is 0.640. The highest BCUT2D eigenvalue weighted by molar-refractivity contribution is 7.89. The number of hydrogen-bond donors (Lipinski definition) is 2. The summed E-state index contributed by atoms with van der Waals surface area (Å²) in [4.78, 5) is 0.226. The van der Waals surface area contributed by atoms with Gasteiger partial charge in [0.1, 0.15) is 0 Å². The summed E-state index contributed by atoms with van der Waals surface area (Å²) in [5.41, 5.74) is 7.45. The van der Waals surface area contributed by atoms with Crippen molar-refractivity contribution in [2.75, 3.05) is 5.73 Å². The zero-order chi connectivity index (χ0) is 14.6. The molecule has 1 unspecified atom stereocenters. The summed E-state index contributed by atoms with van der Waals surface area (Å²) < 4.78 is 27.4. The fraction of sp³-hybridized carbons (Fsp3) is 0.429. The second kappa shape index (κ2) is 6.09. The molecule has 0 radical (unpaired) electrons. The first kappa shape index (κ1) is 15.5. The lowest BCUT2D eigenvalue weighted by molar-refractivity contribution is 0.563. The normalized spacial score (nSPS) is 12.9. The van der Waals surface area contributed by atoms with Crippen LogP contribution in [-0.2, 0) is 10.0 Å². The van der Waals surface area contributed by atoms with Crippen LogP contribution in [0.3, 0.4) is 0 Å². The van der Waals surface area contributed by atoms with Crippen LogP contribution in [0.2, 0.25) is 0 Å². The maximum absolute atomic E-state index is 12.4. The molecule has 0 aliphatic heterocycles. The molecule has 0 fully saturated rings. The van der Waals surface area contributed by atoms with Crippen molar-refractivity contribution < 1.29 is 8.42 Å². The van der Waals surface area contributed by atoms with Crippen LogP contribution in [0.4, 0.5) is 5.69 Å². The van der Waals surface area contributed by atoms with E-state index in [2.05, 4.69) is 10.6 Å². The zero-order valence-electron chi connectivity index (χ0n) is 11.5. The Morgan fingerprint density at radius 2 is 2.05 bits per heavy atom. The molecule has 0 aliphatic rings. The van der Waals surface area contributed by atoms with Gasteiger partial charge < -0.3 is 5.73 Å². The maximum atomic E-state index is 12.4. The van der Waals surface area contributed by atoms with Gasteiger partial charge in [-0.1, -0.05) is 25.3 Å². The van der Waals surface area contributed by atoms with Gasteiger partial charge >= 0.3 is 0 Å². The lowest BCUT2D eigenvalue weighted by Crippen LogP contribution is -2.34. The molecule has 4 nitrogen and oxygen atoms in total. The summed E-state index contributed by atoms with van der Waals surface area (Å²) in [6.45, 7) is 5.39. The lowest BCUT2D eigenvalue weighted by Gasteiger charge is -2.16. The number of terminal acetylenes is 1. The Hall–Kier alpha value is -1.51. The molecule has 0 amide bonds. The molecule has 0 spiro atoms. The smallest absolute Gasteiger partial charge is 0.242 e. The Labute approximate surface area is 115 Å². The molecular weight excluding hydrogens is 260 g/mol. The number of nitrogens with two attached hydrogens (primary N) is 1. The SMILES string of the molecule is C#CC(CCC)NS(=O)(=O)c1c(C)ccc(N)c1C. The van der Waals surface area contributed by atoms with E-state index >= 15 is 0 Å². The van der Waals surface area contributed by atoms with E-state index in [0.717, 1.165) is 6.42 Å². The van der Waals surface area contributed by atoms with Crippen molar-refractivity contribution in [2.24, 2.45) is 0 Å². The van der Waals surface area contributed by atoms with E-state index < -0.39 is 16.1 Å². The third-order valence-corrected chi connectivity index (χ3v) is 4.75. The molecule has 1 aromatic rings. The molecule has 0 saturated carbocycles. The molecule has 19 heavy (non-hydrogen) atoms. The van der Waals surface area contributed by atoms with E-state index in [4.69, 9.17) is 12.2 Å². The van der Waals surface area contributed by atoms with Gasteiger partial charge in [-0.25, -0.2) is 8.42 Å². The molecule has 5 heteroatoms. The van der Waals surface area contributed by atoms with E-state index in [1.807, 2.05) is 6.92 Å². The molecule has 1 aromatic carbocycles. The number of hydrogen-bond acceptors (Lipinski definition) is 3. The van der Waals surface area contributed by atoms with Gasteiger partial charge in [-0.3, -0.25) is 0 Å². The van der Waals surface area contributed by atoms with Gasteiger partial charge in [0, 0.05) is 5.69 Å². The predicted molar refractivity (Wildman–Crippen MR) is 78.2 cm³/mol. The van der Waals surface area contributed by atoms with Crippen LogP contribution in [-0.4, -0.2) is 14.5 Å². The number of rotatable bonds is 5. The average molecular weight is 280 g/mol. The largest absolute Gasteiger partial charge is 0.398 e. The average Bonchev–Trinajstić information content (AvgIpc) is 2.33. The van der Waals surface area contributed by atoms with Gasteiger partial charge in [-0.15, -0.1) is 6.42 Å². The van der Waals surface area contributed by atoms with Crippen molar-refractivity contribution in [3.8, 4) is 12.3 Å². The summed E-state index contributed by atoms with van der Waals surface area (Å²) >= 11 is 0. The van der Waals surface area contributed by atoms with Crippen molar-refractivity contribution >= 4 is 15.7 Å². The molecular formula is C14H20N2O2S. The van der Waals surface area contributed by atoms with Crippen molar-refractivity contribution in [2.45, 2.75) is 44.6 Å². The fourth-order valence-corrected chi connectivity index (χ4v) is 3.66. The predicted octanol–water partition coefficient (Wildman–Crippen LogP) is 1.97. The summed E-state index contributed by atoms with van der Waals surface area (Å²) in [5.74, 6) is 2.46. The third-order valence-electron chi connectivity index (χ3n) is 2.99. The molecule has 1 rings (SSSR count). The summed E-state index contributed by atoms with van der Waals surface area (Å²) in [5, 5.41) is 0. The summed E-state index contributed by atoms with van der Waals surface area (Å²) in [7, 11) is -3.65. The Morgan fingerprint density at radius 3 is 2.58 bits per heavy atom. The van der Waals surface area contributed by atoms with Crippen LogP contribution < -0.4 is 10.5 Å². The molecule has 104 valence electrons. The van der Waals surface area contributed by atoms with Gasteiger partial charge in [0.05, 0.1) is 10.9 Å². The molecule has 0 saturated heterocycles. The maximum Gasteiger partial charge on any atom is 0.242 e. The van der Waals surface area contributed by atoms with E-state index in [9.17, 15) is 8.42 Å². The van der Waals surface area contributed by atoms with Crippen molar-refractivity contribution in [3.05, 3.63) is 23.3 Å². The molecule has 0 aliphatic carbocycles. The highest BCUT2D eigenvalue weighted by Crippen LogP contribution is 2.24. The van der Waals surface area contributed by atoms with Gasteiger partial charge in [0.15, 0.2) is 0 Å². The van der Waals surface area contributed by atoms with E-state index in [-0.39, 0.29) is 4.90 Å². The van der Waals surface area contributed by atoms with Crippen LogP contribution in [0, 0.1) is 26.2 Å². The Bertz CT molecular complexity index is 601. The minimum atomic E-state index is -3.65. The van der Waals surface area contributed by atoms with Gasteiger partial charge in [-0.2, -0.15) is 4.72 Å². The molecule has 0 bridgehead atoms. The third kappa shape index (κ3) is 3.49. The molecule has 0 heterocycles. The van der Waals surface area contributed by atoms with Gasteiger partial charge in [0.2, 0.25) is 10.0 Å². The Morgan fingerprint density at radius 1 is 1.42 bits per heavy atom. The highest BCUT2D eigenvalue weighted by Gasteiger charge is 2.23. The number of nitrogen functional groups attached to an aromatic ring is 1. The van der Waals surface area contributed by atoms with E-state index in [1.165, 1.54) is 0 Å². The van der Waals surface area contributed by atoms with Crippen molar-refractivity contribution in [1.82, 2.24) is 4.72 Å². The van der Waals surface area contributed by atoms with Crippen LogP contribution in [0.1, 0.15) is 30.9 Å². The van der Waals surface area contributed by atoms with Gasteiger partial charge in [0.25, 0.3) is 0 Å². The first-order chi connectivity index (χ1) is 8.83. The lowest BCUT2D eigenvalue weighted by atomic mass is 10.1. The Kier molecular flexibility index (Phi) is 4.98. The molecule has 3 N–H and O–H groups in total. The number of nitrogens with one attached hydrogen (secondary N) is 1. The minimum absolute atomic E-state index is 0.226. The number of benzene rings is 1. The zero-order valence-corrected chi connectivity index (χ0v) is 12.3. The van der Waals surface area contributed by atoms with E-state index in [1.54, 1.807) is 26.0 Å². The highest BCUT2D eigenvalue weighted by atomic mass is 32.2. The first-order valence-electron chi connectivity index (χ1n) is 6.17. The number of anilines is 1. The van der Waals surface area contributed by atoms with Crippen molar-refractivity contribution in [1.29, 1.82) is 0 Å². The first-order valence-corrected chi connectivity index (χ1v) is 7.66. The van der Waals surface area contributed by atoms with Crippen LogP contribution in [0.5, 0.6) is 0 Å². The monoisotopic (exact) mass is 280 g/mol. The standard InChI is InChI=1S/C14H20N2O2S/c1-5-7-12(6-2)16-19(17,18)14-10(3)8-9-13(15)11(14)4/h2,8-9,12,16H,5,7,15H2,1,3-4H3. The minimum Gasteiger partial charge on any atom is -0.398 e. The fourth-order valence-electron chi connectivity index (χ4n) is 1.97. The Balaban J connectivity index is 3.22. The second-order valence-corrected chi connectivity index (χ2v) is 6.21. The van der Waals surface area contributed by atoms with Gasteiger partial charge in [-0.05, 0) is 37.5 Å². The number of aryl methyl sites for hydroxylation is 1. The van der Waals surface area contributed by atoms with Crippen molar-refractivity contribution in [3.63, 3.8) is 0 Å². The number of sulfonamides is 1. The van der Waals surface area contributed by atoms with Crippen LogP contribution in [0.15, 0.2) is 17.0 Å². The van der Waals surface area contributed by atoms with Crippen LogP contribution in [0.25, 0.3) is 0 Å². The summed E-state index contributed by atoms with van der Waals surface area (Å²) in [6, 6.07) is 2.91. The topological polar surface area (TPSA) is 72.2 Å². The van der Waals surface area contributed by atoms with E-state index in [0.29, 0.717) is 23.2 Å². The second-order valence-electron chi connectivity index (χ2n) is 4.56. The molecule has 1 atom stereocenters.